The quantitative estimate of drug-likeness (QED) is 0.188. The Morgan fingerprint density at radius 3 is 2.33 bits per heavy atom. The van der Waals surface area contributed by atoms with Crippen LogP contribution >= 0.6 is 0 Å². The van der Waals surface area contributed by atoms with Crippen molar-refractivity contribution in [2.75, 3.05) is 7.11 Å². The highest BCUT2D eigenvalue weighted by Crippen LogP contribution is 2.41. The maximum Gasteiger partial charge on any atom is 0.311 e. The number of carbonyl (C=O) groups is 1. The average molecular weight is 441 g/mol. The molecule has 4 rings (SSSR count). The lowest BCUT2D eigenvalue weighted by atomic mass is 9.96. The van der Waals surface area contributed by atoms with Crippen LogP contribution in [0, 0.1) is 10.1 Å². The van der Waals surface area contributed by atoms with E-state index in [1.54, 1.807) is 0 Å². The van der Waals surface area contributed by atoms with Crippen LogP contribution in [0.4, 0.5) is 5.69 Å². The number of aryl methyl sites for hydroxylation is 1. The van der Waals surface area contributed by atoms with E-state index in [2.05, 4.69) is 0 Å². The number of fused-ring (bicyclic) bond motifs is 1. The third-order valence-electron chi connectivity index (χ3n) is 5.46. The maximum absolute atomic E-state index is 12.0. The second-order valence-electron chi connectivity index (χ2n) is 7.66. The van der Waals surface area contributed by atoms with E-state index in [0.717, 1.165) is 21.9 Å². The Morgan fingerprint density at radius 1 is 0.879 bits per heavy atom. The van der Waals surface area contributed by atoms with Crippen molar-refractivity contribution < 1.29 is 19.2 Å². The van der Waals surface area contributed by atoms with Crippen molar-refractivity contribution in [2.45, 2.75) is 19.4 Å². The summed E-state index contributed by atoms with van der Waals surface area (Å²) < 4.78 is 10.8. The lowest BCUT2D eigenvalue weighted by molar-refractivity contribution is -0.385. The molecule has 0 saturated heterocycles. The number of nitro groups is 1. The molecule has 0 aliphatic rings. The fraction of sp³-hybridized carbons (Fsp3) is 0.148. The monoisotopic (exact) mass is 441 g/mol. The maximum atomic E-state index is 12.0. The average Bonchev–Trinajstić information content (AvgIpc) is 2.86. The zero-order valence-corrected chi connectivity index (χ0v) is 18.2. The molecule has 0 heterocycles. The summed E-state index contributed by atoms with van der Waals surface area (Å²) in [7, 11) is 1.33. The second kappa shape index (κ2) is 9.96. The third kappa shape index (κ3) is 5.18. The summed E-state index contributed by atoms with van der Waals surface area (Å²) in [5, 5.41) is 14.1. The summed E-state index contributed by atoms with van der Waals surface area (Å²) in [5.74, 6) is -0.157. The Balaban J connectivity index is 1.82. The second-order valence-corrected chi connectivity index (χ2v) is 7.66. The van der Waals surface area contributed by atoms with Gasteiger partial charge < -0.3 is 9.47 Å². The Labute approximate surface area is 191 Å². The number of carbonyl (C=O) groups excluding carboxylic acids is 1. The molecular formula is C27H23NO5. The van der Waals surface area contributed by atoms with Crippen molar-refractivity contribution >= 4 is 22.4 Å². The van der Waals surface area contributed by atoms with Gasteiger partial charge in [-0.1, -0.05) is 66.7 Å². The number of benzene rings is 4. The topological polar surface area (TPSA) is 78.7 Å². The molecule has 4 aromatic carbocycles. The van der Waals surface area contributed by atoms with Gasteiger partial charge in [-0.05, 0) is 46.0 Å². The highest BCUT2D eigenvalue weighted by molar-refractivity contribution is 5.89. The van der Waals surface area contributed by atoms with E-state index in [9.17, 15) is 14.9 Å². The number of rotatable bonds is 8. The van der Waals surface area contributed by atoms with Crippen LogP contribution in [-0.2, 0) is 22.6 Å². The highest BCUT2D eigenvalue weighted by atomic mass is 16.6. The van der Waals surface area contributed by atoms with Gasteiger partial charge in [-0.25, -0.2) is 0 Å². The van der Waals surface area contributed by atoms with Crippen molar-refractivity contribution in [2.24, 2.45) is 0 Å². The molecule has 0 atom stereocenters. The fourth-order valence-corrected chi connectivity index (χ4v) is 3.75. The van der Waals surface area contributed by atoms with Gasteiger partial charge in [0.05, 0.1) is 12.0 Å². The SMILES string of the molecule is COC(=O)CCc1cc(-c2ccc3ccccc3c2)c(OCc2ccccc2)c([N+](=O)[O-])c1. The molecule has 0 aliphatic carbocycles. The van der Waals surface area contributed by atoms with Crippen molar-refractivity contribution in [1.29, 1.82) is 0 Å². The van der Waals surface area contributed by atoms with Crippen LogP contribution in [0.15, 0.2) is 84.9 Å². The standard InChI is InChI=1S/C27H23NO5/c1-32-26(29)14-11-20-15-24(23-13-12-21-9-5-6-10-22(21)17-23)27(25(16-20)28(30)31)33-18-19-7-3-2-4-8-19/h2-10,12-13,15-17H,11,14,18H2,1H3. The van der Waals surface area contributed by atoms with Crippen molar-refractivity contribution in [3.63, 3.8) is 0 Å². The highest BCUT2D eigenvalue weighted by Gasteiger charge is 2.23. The van der Waals surface area contributed by atoms with Crippen molar-refractivity contribution in [1.82, 2.24) is 0 Å². The van der Waals surface area contributed by atoms with Crippen molar-refractivity contribution in [3.8, 4) is 16.9 Å². The predicted octanol–water partition coefficient (Wildman–Crippen LogP) is 6.10. The predicted molar refractivity (Wildman–Crippen MR) is 127 cm³/mol. The minimum absolute atomic E-state index is 0.128. The Bertz CT molecular complexity index is 1300. The minimum Gasteiger partial charge on any atom is -0.482 e. The van der Waals surface area contributed by atoms with Crippen LogP contribution in [0.1, 0.15) is 17.5 Å². The number of hydrogen-bond acceptors (Lipinski definition) is 5. The van der Waals surface area contributed by atoms with Gasteiger partial charge >= 0.3 is 11.7 Å². The van der Waals surface area contributed by atoms with Gasteiger partial charge in [-0.15, -0.1) is 0 Å². The van der Waals surface area contributed by atoms with Crippen LogP contribution < -0.4 is 4.74 Å². The van der Waals surface area contributed by atoms with Gasteiger partial charge in [-0.2, -0.15) is 0 Å². The van der Waals surface area contributed by atoms with E-state index in [4.69, 9.17) is 9.47 Å². The minimum atomic E-state index is -0.438. The summed E-state index contributed by atoms with van der Waals surface area (Å²) in [5.41, 5.74) is 2.87. The van der Waals surface area contributed by atoms with Gasteiger partial charge in [0.25, 0.3) is 0 Å². The Hall–Kier alpha value is -4.19. The number of methoxy groups -OCH3 is 1. The molecule has 0 unspecified atom stereocenters. The molecule has 0 fully saturated rings. The van der Waals surface area contributed by atoms with Gasteiger partial charge in [0.1, 0.15) is 6.61 Å². The van der Waals surface area contributed by atoms with E-state index in [0.29, 0.717) is 17.5 Å². The molecule has 0 bridgehead atoms. The molecule has 0 aliphatic heterocycles. The van der Waals surface area contributed by atoms with Crippen LogP contribution in [0.25, 0.3) is 21.9 Å². The summed E-state index contributed by atoms with van der Waals surface area (Å²) in [4.78, 5) is 23.2. The smallest absolute Gasteiger partial charge is 0.311 e. The molecule has 0 spiro atoms. The zero-order valence-electron chi connectivity index (χ0n) is 18.2. The number of hydrogen-bond donors (Lipinski definition) is 0. The Morgan fingerprint density at radius 2 is 1.61 bits per heavy atom. The first kappa shape index (κ1) is 22.0. The summed E-state index contributed by atoms with van der Waals surface area (Å²) in [6.07, 6.45) is 0.460. The molecule has 0 radical (unpaired) electrons. The lowest BCUT2D eigenvalue weighted by Gasteiger charge is -2.15. The molecule has 6 heteroatoms. The van der Waals surface area contributed by atoms with Gasteiger partial charge in [-0.3, -0.25) is 14.9 Å². The number of esters is 1. The van der Waals surface area contributed by atoms with Crippen LogP contribution in [-0.4, -0.2) is 18.0 Å². The first-order chi connectivity index (χ1) is 16.0. The Kier molecular flexibility index (Phi) is 6.64. The van der Waals surface area contributed by atoms with Crippen molar-refractivity contribution in [3.05, 3.63) is 106 Å². The molecule has 33 heavy (non-hydrogen) atoms. The van der Waals surface area contributed by atoms with Crippen LogP contribution in [0.2, 0.25) is 0 Å². The molecule has 166 valence electrons. The van der Waals surface area contributed by atoms with Gasteiger partial charge in [0.2, 0.25) is 5.75 Å². The van der Waals surface area contributed by atoms with Gasteiger partial charge in [0, 0.05) is 18.1 Å². The van der Waals surface area contributed by atoms with E-state index >= 15 is 0 Å². The lowest BCUT2D eigenvalue weighted by Crippen LogP contribution is -2.05. The number of nitrogens with zero attached hydrogens (tertiary/aromatic N) is 1. The number of nitro benzene ring substituents is 1. The van der Waals surface area contributed by atoms with Gasteiger partial charge in [0.15, 0.2) is 0 Å². The zero-order chi connectivity index (χ0) is 23.2. The molecule has 0 amide bonds. The van der Waals surface area contributed by atoms with E-state index in [1.165, 1.54) is 13.2 Å². The molecule has 0 saturated carbocycles. The first-order valence-electron chi connectivity index (χ1n) is 10.6. The largest absolute Gasteiger partial charge is 0.482 e. The molecule has 4 aromatic rings. The summed E-state index contributed by atoms with van der Waals surface area (Å²) in [6.45, 7) is 0.198. The fourth-order valence-electron chi connectivity index (χ4n) is 3.75. The summed E-state index contributed by atoms with van der Waals surface area (Å²) in [6, 6.07) is 26.7. The third-order valence-corrected chi connectivity index (χ3v) is 5.46. The van der Waals surface area contributed by atoms with E-state index in [1.807, 2.05) is 78.9 Å². The molecule has 0 N–H and O–H groups in total. The summed E-state index contributed by atoms with van der Waals surface area (Å²) >= 11 is 0. The normalized spacial score (nSPS) is 10.7. The molecule has 6 nitrogen and oxygen atoms in total. The molecule has 0 aromatic heterocycles. The first-order valence-corrected chi connectivity index (χ1v) is 10.6. The van der Waals surface area contributed by atoms with Crippen LogP contribution in [0.3, 0.4) is 0 Å². The van der Waals surface area contributed by atoms with Crippen LogP contribution in [0.5, 0.6) is 5.75 Å². The van der Waals surface area contributed by atoms with E-state index < -0.39 is 4.92 Å². The van der Waals surface area contributed by atoms with E-state index in [-0.39, 0.29) is 30.4 Å². The molecular weight excluding hydrogens is 418 g/mol. The number of ether oxygens (including phenoxy) is 2.